The van der Waals surface area contributed by atoms with Gasteiger partial charge in [0.25, 0.3) is 5.91 Å². The maximum Gasteiger partial charge on any atom is 0.416 e. The molecule has 1 amide bonds. The number of rotatable bonds is 7. The third kappa shape index (κ3) is 6.66. The van der Waals surface area contributed by atoms with Crippen LogP contribution in [0.3, 0.4) is 0 Å². The first-order chi connectivity index (χ1) is 18.7. The highest BCUT2D eigenvalue weighted by atomic mass is 19.4. The SMILES string of the molecule is COc1cncc(-c2cn(-c3cc(C(=O)Nc4cc(CNC(C)(C)C)c(C)c(C(F)(F)F)c4)ccc3C)nn2)c1. The van der Waals surface area contributed by atoms with Crippen molar-refractivity contribution in [1.29, 1.82) is 0 Å². The Morgan fingerprint density at radius 1 is 1.05 bits per heavy atom. The first-order valence-corrected chi connectivity index (χ1v) is 12.5. The average molecular weight is 553 g/mol. The summed E-state index contributed by atoms with van der Waals surface area (Å²) < 4.78 is 48.3. The number of nitrogens with zero attached hydrogens (tertiary/aromatic N) is 4. The molecule has 2 aromatic heterocycles. The van der Waals surface area contributed by atoms with Crippen LogP contribution in [0.4, 0.5) is 18.9 Å². The molecule has 2 heterocycles. The van der Waals surface area contributed by atoms with Gasteiger partial charge in [-0.15, -0.1) is 5.10 Å². The average Bonchev–Trinajstić information content (AvgIpc) is 3.38. The van der Waals surface area contributed by atoms with Crippen LogP contribution in [0.1, 0.15) is 53.4 Å². The van der Waals surface area contributed by atoms with E-state index >= 15 is 0 Å². The molecule has 4 aromatic rings. The largest absolute Gasteiger partial charge is 0.495 e. The van der Waals surface area contributed by atoms with Crippen molar-refractivity contribution in [3.05, 3.63) is 82.8 Å². The molecule has 0 radical (unpaired) electrons. The number of anilines is 1. The van der Waals surface area contributed by atoms with Gasteiger partial charge >= 0.3 is 6.18 Å². The topological polar surface area (TPSA) is 94.0 Å². The fourth-order valence-corrected chi connectivity index (χ4v) is 4.07. The van der Waals surface area contributed by atoms with Crippen molar-refractivity contribution >= 4 is 11.6 Å². The Morgan fingerprint density at radius 3 is 2.48 bits per heavy atom. The molecule has 0 bridgehead atoms. The van der Waals surface area contributed by atoms with Crippen molar-refractivity contribution in [2.24, 2.45) is 0 Å². The fourth-order valence-electron chi connectivity index (χ4n) is 4.07. The Hall–Kier alpha value is -4.25. The van der Waals surface area contributed by atoms with Crippen LogP contribution in [0.15, 0.2) is 55.0 Å². The predicted molar refractivity (Wildman–Crippen MR) is 147 cm³/mol. The monoisotopic (exact) mass is 552 g/mol. The van der Waals surface area contributed by atoms with Crippen LogP contribution in [0, 0.1) is 13.8 Å². The number of hydrogen-bond acceptors (Lipinski definition) is 6. The zero-order valence-corrected chi connectivity index (χ0v) is 23.1. The van der Waals surface area contributed by atoms with Gasteiger partial charge in [0.05, 0.1) is 30.8 Å². The summed E-state index contributed by atoms with van der Waals surface area (Å²) >= 11 is 0. The number of nitrogens with one attached hydrogen (secondary N) is 2. The molecule has 2 aromatic carbocycles. The van der Waals surface area contributed by atoms with E-state index in [0.29, 0.717) is 28.3 Å². The third-order valence-corrected chi connectivity index (χ3v) is 6.34. The molecule has 210 valence electrons. The zero-order chi connectivity index (χ0) is 29.2. The highest BCUT2D eigenvalue weighted by Gasteiger charge is 2.34. The molecule has 2 N–H and O–H groups in total. The van der Waals surface area contributed by atoms with Gasteiger partial charge in [0.15, 0.2) is 0 Å². The van der Waals surface area contributed by atoms with Crippen LogP contribution >= 0.6 is 0 Å². The van der Waals surface area contributed by atoms with Crippen molar-refractivity contribution in [3.63, 3.8) is 0 Å². The third-order valence-electron chi connectivity index (χ3n) is 6.34. The molecule has 0 atom stereocenters. The van der Waals surface area contributed by atoms with E-state index in [1.807, 2.05) is 27.7 Å². The number of benzene rings is 2. The van der Waals surface area contributed by atoms with E-state index in [9.17, 15) is 18.0 Å². The molecule has 8 nitrogen and oxygen atoms in total. The smallest absolute Gasteiger partial charge is 0.416 e. The summed E-state index contributed by atoms with van der Waals surface area (Å²) in [6.07, 6.45) is 0.345. The van der Waals surface area contributed by atoms with Crippen LogP contribution in [0.2, 0.25) is 0 Å². The molecule has 11 heteroatoms. The predicted octanol–water partition coefficient (Wildman–Crippen LogP) is 6.11. The van der Waals surface area contributed by atoms with Crippen LogP contribution < -0.4 is 15.4 Å². The first kappa shape index (κ1) is 28.8. The number of hydrogen-bond donors (Lipinski definition) is 2. The summed E-state index contributed by atoms with van der Waals surface area (Å²) in [7, 11) is 1.54. The number of halogens is 3. The van der Waals surface area contributed by atoms with Gasteiger partial charge in [0, 0.05) is 35.1 Å². The van der Waals surface area contributed by atoms with Gasteiger partial charge in [-0.3, -0.25) is 9.78 Å². The molecular formula is C29H31F3N6O2. The summed E-state index contributed by atoms with van der Waals surface area (Å²) in [6, 6.07) is 9.29. The number of aromatic nitrogens is 4. The molecule has 40 heavy (non-hydrogen) atoms. The number of methoxy groups -OCH3 is 1. The van der Waals surface area contributed by atoms with Gasteiger partial charge in [-0.2, -0.15) is 13.2 Å². The maximum absolute atomic E-state index is 13.8. The van der Waals surface area contributed by atoms with Crippen molar-refractivity contribution in [2.75, 3.05) is 12.4 Å². The summed E-state index contributed by atoms with van der Waals surface area (Å²) in [5, 5.41) is 14.3. The first-order valence-electron chi connectivity index (χ1n) is 12.5. The molecule has 0 saturated carbocycles. The van der Waals surface area contributed by atoms with Crippen LogP contribution in [0.5, 0.6) is 5.75 Å². The fraction of sp³-hybridized carbons (Fsp3) is 0.310. The zero-order valence-electron chi connectivity index (χ0n) is 23.1. The van der Waals surface area contributed by atoms with E-state index < -0.39 is 17.6 Å². The van der Waals surface area contributed by atoms with E-state index in [0.717, 1.165) is 11.6 Å². The lowest BCUT2D eigenvalue weighted by molar-refractivity contribution is -0.138. The molecule has 0 spiro atoms. The lowest BCUT2D eigenvalue weighted by Crippen LogP contribution is -2.35. The molecule has 0 aliphatic heterocycles. The molecule has 0 aliphatic carbocycles. The number of ether oxygens (including phenoxy) is 1. The van der Waals surface area contributed by atoms with E-state index in [1.165, 1.54) is 11.6 Å². The van der Waals surface area contributed by atoms with Gasteiger partial charge < -0.3 is 15.4 Å². The molecule has 4 rings (SSSR count). The highest BCUT2D eigenvalue weighted by molar-refractivity contribution is 6.04. The molecule has 0 unspecified atom stereocenters. The van der Waals surface area contributed by atoms with E-state index in [2.05, 4.69) is 25.9 Å². The highest BCUT2D eigenvalue weighted by Crippen LogP contribution is 2.35. The van der Waals surface area contributed by atoms with E-state index in [-0.39, 0.29) is 28.9 Å². The van der Waals surface area contributed by atoms with Gasteiger partial charge in [-0.25, -0.2) is 4.68 Å². The van der Waals surface area contributed by atoms with E-state index in [1.54, 1.807) is 56.0 Å². The molecular weight excluding hydrogens is 521 g/mol. The maximum atomic E-state index is 13.8. The Kier molecular flexibility index (Phi) is 7.97. The minimum atomic E-state index is -4.57. The Labute approximate surface area is 230 Å². The summed E-state index contributed by atoms with van der Waals surface area (Å²) in [6.45, 7) is 9.30. The summed E-state index contributed by atoms with van der Waals surface area (Å²) in [4.78, 5) is 17.3. The molecule has 0 saturated heterocycles. The van der Waals surface area contributed by atoms with Gasteiger partial charge in [0.1, 0.15) is 11.4 Å². The Balaban J connectivity index is 1.63. The normalized spacial score (nSPS) is 11.9. The lowest BCUT2D eigenvalue weighted by atomic mass is 9.99. The van der Waals surface area contributed by atoms with Crippen molar-refractivity contribution < 1.29 is 22.7 Å². The number of carbonyl (C=O) groups excluding carboxylic acids is 1. The second-order valence-corrected chi connectivity index (χ2v) is 10.5. The number of pyridine rings is 1. The number of aryl methyl sites for hydroxylation is 1. The van der Waals surface area contributed by atoms with Crippen LogP contribution in [0.25, 0.3) is 16.9 Å². The number of amides is 1. The minimum Gasteiger partial charge on any atom is -0.495 e. The standard InChI is InChI=1S/C29H31F3N6O2/c1-17-7-8-19(11-26(17)38-16-25(36-37-38)21-10-23(40-6)15-33-13-21)27(39)35-22-9-20(14-34-28(3,4)5)18(2)24(12-22)29(30,31)32/h7-13,15-16,34H,14H2,1-6H3,(H,35,39). The van der Waals surface area contributed by atoms with Crippen LogP contribution in [-0.4, -0.2) is 38.5 Å². The van der Waals surface area contributed by atoms with Crippen LogP contribution in [-0.2, 0) is 12.7 Å². The Morgan fingerprint density at radius 2 is 1.80 bits per heavy atom. The van der Waals surface area contributed by atoms with Gasteiger partial charge in [-0.1, -0.05) is 11.3 Å². The number of alkyl halides is 3. The lowest BCUT2D eigenvalue weighted by Gasteiger charge is -2.23. The van der Waals surface area contributed by atoms with E-state index in [4.69, 9.17) is 4.74 Å². The summed E-state index contributed by atoms with van der Waals surface area (Å²) in [5.41, 5.74) is 2.47. The second-order valence-electron chi connectivity index (χ2n) is 10.5. The summed E-state index contributed by atoms with van der Waals surface area (Å²) in [5.74, 6) is 0.0225. The number of carbonyl (C=O) groups is 1. The minimum absolute atomic E-state index is 0.0596. The van der Waals surface area contributed by atoms with Crippen molar-refractivity contribution in [2.45, 2.75) is 52.9 Å². The van der Waals surface area contributed by atoms with Gasteiger partial charge in [-0.05, 0) is 81.6 Å². The second kappa shape index (κ2) is 11.1. The van der Waals surface area contributed by atoms with Gasteiger partial charge in [0.2, 0.25) is 0 Å². The molecule has 0 aliphatic rings. The molecule has 0 fully saturated rings. The Bertz CT molecular complexity index is 1540. The quantitative estimate of drug-likeness (QED) is 0.287. The van der Waals surface area contributed by atoms with Crippen molar-refractivity contribution in [1.82, 2.24) is 25.3 Å². The van der Waals surface area contributed by atoms with Crippen molar-refractivity contribution in [3.8, 4) is 22.7 Å².